The van der Waals surface area contributed by atoms with Crippen LogP contribution in [0.3, 0.4) is 0 Å². The quantitative estimate of drug-likeness (QED) is 0.430. The molecule has 0 radical (unpaired) electrons. The summed E-state index contributed by atoms with van der Waals surface area (Å²) in [6.07, 6.45) is 13.8. The number of nitrogens with one attached hydrogen (secondary N) is 1. The molecule has 1 aromatic heterocycles. The normalized spacial score (nSPS) is 18.3. The fourth-order valence-electron chi connectivity index (χ4n) is 5.81. The van der Waals surface area contributed by atoms with Crippen molar-refractivity contribution in [2.45, 2.75) is 70.3 Å². The van der Waals surface area contributed by atoms with Crippen molar-refractivity contribution >= 4 is 22.8 Å². The topological polar surface area (TPSA) is 81.1 Å². The van der Waals surface area contributed by atoms with E-state index in [-0.39, 0.29) is 17.9 Å². The number of anilines is 1. The van der Waals surface area contributed by atoms with E-state index in [1.807, 2.05) is 48.5 Å². The third-order valence-corrected chi connectivity index (χ3v) is 7.77. The molecule has 0 unspecified atom stereocenters. The van der Waals surface area contributed by atoms with Crippen molar-refractivity contribution in [1.82, 2.24) is 10.3 Å². The average Bonchev–Trinajstić information content (AvgIpc) is 2.91. The van der Waals surface area contributed by atoms with E-state index in [1.54, 1.807) is 0 Å². The number of carbonyl (C=O) groups is 1. The maximum atomic E-state index is 12.9. The standard InChI is InChI=1S/C29H36N4O2/c30-29-32-26-17-16-25(35-24-14-8-3-9-15-24)18-23(26)20-33(29)27(21-10-4-1-5-11-21)19-31-28(34)22-12-6-2-7-13-22/h3,8-9,14-18,20-22,27,30H,1-2,4-7,10-13,19H2,(H,31,34)/p+1/t27-/m1/s1. The molecule has 0 bridgehead atoms. The van der Waals surface area contributed by atoms with Gasteiger partial charge in [0, 0.05) is 5.92 Å². The highest BCUT2D eigenvalue weighted by molar-refractivity contribution is 5.79. The second kappa shape index (κ2) is 11.1. The fourth-order valence-corrected chi connectivity index (χ4v) is 5.81. The molecule has 0 spiro atoms. The molecule has 0 aliphatic heterocycles. The Bertz CT molecular complexity index is 1140. The summed E-state index contributed by atoms with van der Waals surface area (Å²) in [6.45, 7) is 0.599. The number of ether oxygens (including phenoxy) is 1. The van der Waals surface area contributed by atoms with Gasteiger partial charge in [-0.2, -0.15) is 0 Å². The molecule has 184 valence electrons. The summed E-state index contributed by atoms with van der Waals surface area (Å²) in [5.74, 6) is 2.90. The lowest BCUT2D eigenvalue weighted by Gasteiger charge is -2.30. The van der Waals surface area contributed by atoms with Gasteiger partial charge in [0.2, 0.25) is 5.91 Å². The van der Waals surface area contributed by atoms with Crippen molar-refractivity contribution in [1.29, 1.82) is 0 Å². The van der Waals surface area contributed by atoms with Crippen LogP contribution >= 0.6 is 0 Å². The maximum Gasteiger partial charge on any atom is 0.390 e. The molecule has 1 heterocycles. The predicted molar refractivity (Wildman–Crippen MR) is 138 cm³/mol. The summed E-state index contributed by atoms with van der Waals surface area (Å²) in [7, 11) is 0. The zero-order valence-corrected chi connectivity index (χ0v) is 20.5. The number of nitrogens with two attached hydrogens (primary N) is 1. The molecule has 35 heavy (non-hydrogen) atoms. The highest BCUT2D eigenvalue weighted by Crippen LogP contribution is 2.32. The van der Waals surface area contributed by atoms with Gasteiger partial charge >= 0.3 is 5.95 Å². The van der Waals surface area contributed by atoms with Crippen LogP contribution in [0, 0.1) is 11.8 Å². The maximum absolute atomic E-state index is 12.9. The van der Waals surface area contributed by atoms with Crippen LogP contribution < -0.4 is 20.4 Å². The first-order valence-corrected chi connectivity index (χ1v) is 13.3. The number of hydrogen-bond acceptors (Lipinski definition) is 4. The zero-order chi connectivity index (χ0) is 24.0. The van der Waals surface area contributed by atoms with E-state index in [0.717, 1.165) is 60.9 Å². The van der Waals surface area contributed by atoms with Crippen LogP contribution in [0.2, 0.25) is 0 Å². The number of fused-ring (bicyclic) bond motifs is 1. The molecule has 2 fully saturated rings. The Labute approximate surface area is 207 Å². The predicted octanol–water partition coefficient (Wildman–Crippen LogP) is 5.71. The molecular formula is C29H37N4O2+. The van der Waals surface area contributed by atoms with Crippen molar-refractivity contribution in [3.8, 4) is 11.5 Å². The Morgan fingerprint density at radius 1 is 0.971 bits per heavy atom. The Morgan fingerprint density at radius 2 is 1.69 bits per heavy atom. The van der Waals surface area contributed by atoms with Gasteiger partial charge in [0.15, 0.2) is 5.52 Å². The molecule has 6 nitrogen and oxygen atoms in total. The Balaban J connectivity index is 1.41. The first-order chi connectivity index (χ1) is 17.2. The molecule has 1 amide bonds. The number of hydrogen-bond donors (Lipinski definition) is 2. The van der Waals surface area contributed by atoms with Gasteiger partial charge in [-0.25, -0.2) is 4.57 Å². The Hall–Kier alpha value is -3.15. The lowest BCUT2D eigenvalue weighted by molar-refractivity contribution is -0.716. The summed E-state index contributed by atoms with van der Waals surface area (Å²) >= 11 is 0. The third kappa shape index (κ3) is 5.75. The van der Waals surface area contributed by atoms with Gasteiger partial charge in [0.05, 0.1) is 18.1 Å². The van der Waals surface area contributed by atoms with Crippen LogP contribution in [0.15, 0.2) is 54.7 Å². The number of rotatable bonds is 7. The third-order valence-electron chi connectivity index (χ3n) is 7.77. The van der Waals surface area contributed by atoms with Crippen LogP contribution in [0.1, 0.15) is 70.3 Å². The zero-order valence-electron chi connectivity index (χ0n) is 20.5. The number of nitrogens with zero attached hydrogens (tertiary/aromatic N) is 2. The fraction of sp³-hybridized carbons (Fsp3) is 0.483. The van der Waals surface area contributed by atoms with Crippen LogP contribution in [0.4, 0.5) is 5.95 Å². The van der Waals surface area contributed by atoms with E-state index in [4.69, 9.17) is 15.5 Å². The van der Waals surface area contributed by atoms with Crippen molar-refractivity contribution in [2.24, 2.45) is 11.8 Å². The van der Waals surface area contributed by atoms with Gasteiger partial charge in [-0.1, -0.05) is 61.7 Å². The van der Waals surface area contributed by atoms with E-state index >= 15 is 0 Å². The van der Waals surface area contributed by atoms with Gasteiger partial charge in [-0.3, -0.25) is 10.5 Å². The van der Waals surface area contributed by atoms with Crippen molar-refractivity contribution < 1.29 is 14.1 Å². The minimum Gasteiger partial charge on any atom is -0.457 e. The molecule has 6 heteroatoms. The lowest BCUT2D eigenvalue weighted by atomic mass is 9.83. The van der Waals surface area contributed by atoms with Crippen molar-refractivity contribution in [3.63, 3.8) is 0 Å². The molecular weight excluding hydrogens is 436 g/mol. The first-order valence-electron chi connectivity index (χ1n) is 13.3. The molecule has 3 N–H and O–H groups in total. The second-order valence-electron chi connectivity index (χ2n) is 10.2. The summed E-state index contributed by atoms with van der Waals surface area (Å²) in [5.41, 5.74) is 7.35. The first kappa shape index (κ1) is 23.6. The lowest BCUT2D eigenvalue weighted by Crippen LogP contribution is -2.52. The van der Waals surface area contributed by atoms with E-state index in [1.165, 1.54) is 25.7 Å². The minimum atomic E-state index is 0.0958. The van der Waals surface area contributed by atoms with Gasteiger partial charge in [-0.05, 0) is 61.9 Å². The molecule has 2 aliphatic carbocycles. The molecule has 2 saturated carbocycles. The highest BCUT2D eigenvalue weighted by Gasteiger charge is 2.31. The molecule has 0 saturated heterocycles. The number of para-hydroxylation sites is 1. The van der Waals surface area contributed by atoms with Crippen LogP contribution in [-0.4, -0.2) is 17.4 Å². The van der Waals surface area contributed by atoms with Crippen molar-refractivity contribution in [3.05, 3.63) is 54.7 Å². The minimum absolute atomic E-state index is 0.0958. The monoisotopic (exact) mass is 473 g/mol. The second-order valence-corrected chi connectivity index (χ2v) is 10.2. The van der Waals surface area contributed by atoms with Gasteiger partial charge in [0.1, 0.15) is 17.5 Å². The van der Waals surface area contributed by atoms with Gasteiger partial charge < -0.3 is 10.1 Å². The van der Waals surface area contributed by atoms with Gasteiger partial charge in [-0.15, -0.1) is 0 Å². The summed E-state index contributed by atoms with van der Waals surface area (Å²) < 4.78 is 8.16. The average molecular weight is 474 g/mol. The molecule has 3 aromatic rings. The Morgan fingerprint density at radius 3 is 2.43 bits per heavy atom. The SMILES string of the molecule is Nc1nc2ccc(Oc3ccccc3)cc2c[n+]1[C@H](CNC(=O)C1CCCCC1)C1CCCCC1. The smallest absolute Gasteiger partial charge is 0.390 e. The van der Waals surface area contributed by atoms with Gasteiger partial charge in [0.25, 0.3) is 0 Å². The van der Waals surface area contributed by atoms with Crippen molar-refractivity contribution in [2.75, 3.05) is 12.3 Å². The van der Waals surface area contributed by atoms with E-state index in [2.05, 4.69) is 16.1 Å². The number of nitrogen functional groups attached to an aromatic ring is 1. The van der Waals surface area contributed by atoms with Crippen LogP contribution in [0.5, 0.6) is 11.5 Å². The Kier molecular flexibility index (Phi) is 7.45. The van der Waals surface area contributed by atoms with Crippen LogP contribution in [-0.2, 0) is 4.79 Å². The number of aromatic nitrogens is 2. The summed E-state index contributed by atoms with van der Waals surface area (Å²) in [6, 6.07) is 15.8. The molecule has 5 rings (SSSR count). The van der Waals surface area contributed by atoms with E-state index < -0.39 is 0 Å². The number of benzene rings is 2. The summed E-state index contributed by atoms with van der Waals surface area (Å²) in [4.78, 5) is 17.7. The van der Waals surface area contributed by atoms with E-state index in [0.29, 0.717) is 18.4 Å². The van der Waals surface area contributed by atoms with E-state index in [9.17, 15) is 4.79 Å². The number of carbonyl (C=O) groups excluding carboxylic acids is 1. The molecule has 1 atom stereocenters. The largest absolute Gasteiger partial charge is 0.457 e. The van der Waals surface area contributed by atoms with Crippen LogP contribution in [0.25, 0.3) is 10.9 Å². The number of amides is 1. The molecule has 2 aromatic carbocycles. The highest BCUT2D eigenvalue weighted by atomic mass is 16.5. The molecule has 2 aliphatic rings. The summed E-state index contributed by atoms with van der Waals surface area (Å²) in [5, 5.41) is 4.28.